The van der Waals surface area contributed by atoms with E-state index in [4.69, 9.17) is 14.6 Å². The fourth-order valence-electron chi connectivity index (χ4n) is 0.945. The molecule has 1 aromatic carbocycles. The van der Waals surface area contributed by atoms with Gasteiger partial charge in [0.05, 0.1) is 11.6 Å². The molecule has 0 bridgehead atoms. The number of carboxylic acid groups (broad SMARTS) is 1. The zero-order valence-electron chi connectivity index (χ0n) is 8.36. The average molecular weight is 275 g/mol. The van der Waals surface area contributed by atoms with Crippen molar-refractivity contribution < 1.29 is 19.4 Å². The van der Waals surface area contributed by atoms with Crippen molar-refractivity contribution in [2.75, 3.05) is 7.11 Å². The highest BCUT2D eigenvalue weighted by Gasteiger charge is 2.14. The van der Waals surface area contributed by atoms with E-state index in [0.29, 0.717) is 16.0 Å². The van der Waals surface area contributed by atoms with Gasteiger partial charge in [-0.1, -0.05) is 0 Å². The Labute approximate surface area is 95.9 Å². The van der Waals surface area contributed by atoms with Gasteiger partial charge in [0.25, 0.3) is 0 Å². The molecule has 0 heterocycles. The summed E-state index contributed by atoms with van der Waals surface area (Å²) in [5.41, 5.74) is 0. The van der Waals surface area contributed by atoms with Crippen molar-refractivity contribution in [1.82, 2.24) is 0 Å². The number of ether oxygens (including phenoxy) is 2. The third-order valence-electron chi connectivity index (χ3n) is 1.79. The van der Waals surface area contributed by atoms with Gasteiger partial charge in [-0.15, -0.1) is 0 Å². The molecular formula is C10H11BrO4. The third-order valence-corrected chi connectivity index (χ3v) is 2.41. The van der Waals surface area contributed by atoms with Crippen molar-refractivity contribution in [3.63, 3.8) is 0 Å². The molecule has 0 aliphatic carbocycles. The standard InChI is InChI=1S/C10H11BrO4/c1-6(10(12)13)15-9-4-3-7(14-2)5-8(9)11/h3-6H,1-2H3,(H,12,13)/t6-/m0/s1. The summed E-state index contributed by atoms with van der Waals surface area (Å²) in [6.07, 6.45) is -0.880. The number of rotatable bonds is 4. The maximum absolute atomic E-state index is 10.6. The van der Waals surface area contributed by atoms with Crippen LogP contribution in [0, 0.1) is 0 Å². The minimum atomic E-state index is -1.00. The molecule has 0 saturated carbocycles. The monoisotopic (exact) mass is 274 g/mol. The Balaban J connectivity index is 2.82. The average Bonchev–Trinajstić information content (AvgIpc) is 2.20. The zero-order valence-corrected chi connectivity index (χ0v) is 9.95. The second-order valence-electron chi connectivity index (χ2n) is 2.89. The van der Waals surface area contributed by atoms with Crippen LogP contribution in [-0.2, 0) is 4.79 Å². The van der Waals surface area contributed by atoms with Gasteiger partial charge in [0.2, 0.25) is 0 Å². The van der Waals surface area contributed by atoms with Gasteiger partial charge >= 0.3 is 5.97 Å². The van der Waals surface area contributed by atoms with Crippen LogP contribution in [0.2, 0.25) is 0 Å². The number of aliphatic carboxylic acids is 1. The Hall–Kier alpha value is -1.23. The third kappa shape index (κ3) is 3.13. The Morgan fingerprint density at radius 2 is 2.20 bits per heavy atom. The van der Waals surface area contributed by atoms with E-state index in [-0.39, 0.29) is 0 Å². The fraction of sp³-hybridized carbons (Fsp3) is 0.300. The zero-order chi connectivity index (χ0) is 11.4. The van der Waals surface area contributed by atoms with Gasteiger partial charge in [0.15, 0.2) is 6.10 Å². The van der Waals surface area contributed by atoms with Crippen LogP contribution in [0.4, 0.5) is 0 Å². The number of hydrogen-bond acceptors (Lipinski definition) is 3. The second-order valence-corrected chi connectivity index (χ2v) is 3.75. The van der Waals surface area contributed by atoms with E-state index in [1.54, 1.807) is 25.3 Å². The summed E-state index contributed by atoms with van der Waals surface area (Å²) in [6, 6.07) is 5.07. The van der Waals surface area contributed by atoms with Gasteiger partial charge in [-0.3, -0.25) is 0 Å². The van der Waals surface area contributed by atoms with Gasteiger partial charge in [0.1, 0.15) is 11.5 Å². The van der Waals surface area contributed by atoms with Crippen molar-refractivity contribution in [2.24, 2.45) is 0 Å². The fourth-order valence-corrected chi connectivity index (χ4v) is 1.40. The molecule has 0 radical (unpaired) electrons. The van der Waals surface area contributed by atoms with Crippen molar-refractivity contribution >= 4 is 21.9 Å². The lowest BCUT2D eigenvalue weighted by Crippen LogP contribution is -2.22. The predicted octanol–water partition coefficient (Wildman–Crippen LogP) is 2.31. The van der Waals surface area contributed by atoms with Crippen molar-refractivity contribution in [1.29, 1.82) is 0 Å². The largest absolute Gasteiger partial charge is 0.497 e. The molecule has 0 aliphatic heterocycles. The molecule has 0 unspecified atom stereocenters. The van der Waals surface area contributed by atoms with E-state index in [9.17, 15) is 4.79 Å². The van der Waals surface area contributed by atoms with Crippen LogP contribution >= 0.6 is 15.9 Å². The quantitative estimate of drug-likeness (QED) is 0.916. The van der Waals surface area contributed by atoms with E-state index >= 15 is 0 Å². The van der Waals surface area contributed by atoms with Gasteiger partial charge in [-0.2, -0.15) is 0 Å². The van der Waals surface area contributed by atoms with Gasteiger partial charge in [-0.25, -0.2) is 4.79 Å². The summed E-state index contributed by atoms with van der Waals surface area (Å²) in [6.45, 7) is 1.47. The highest BCUT2D eigenvalue weighted by Crippen LogP contribution is 2.29. The normalized spacial score (nSPS) is 11.9. The van der Waals surface area contributed by atoms with Crippen LogP contribution in [0.1, 0.15) is 6.92 Å². The molecular weight excluding hydrogens is 264 g/mol. The smallest absolute Gasteiger partial charge is 0.344 e. The summed E-state index contributed by atoms with van der Waals surface area (Å²) in [5.74, 6) is 0.153. The lowest BCUT2D eigenvalue weighted by Gasteiger charge is -2.12. The molecule has 82 valence electrons. The summed E-state index contributed by atoms with van der Waals surface area (Å²) in [4.78, 5) is 10.6. The van der Waals surface area contributed by atoms with E-state index in [0.717, 1.165) is 0 Å². The van der Waals surface area contributed by atoms with Gasteiger partial charge in [-0.05, 0) is 41.1 Å². The van der Waals surface area contributed by atoms with Crippen molar-refractivity contribution in [2.45, 2.75) is 13.0 Å². The molecule has 1 rings (SSSR count). The van der Waals surface area contributed by atoms with Crippen LogP contribution < -0.4 is 9.47 Å². The predicted molar refractivity (Wildman–Crippen MR) is 58.4 cm³/mol. The number of methoxy groups -OCH3 is 1. The van der Waals surface area contributed by atoms with Crippen LogP contribution in [0.25, 0.3) is 0 Å². The Morgan fingerprint density at radius 1 is 1.53 bits per heavy atom. The molecule has 15 heavy (non-hydrogen) atoms. The van der Waals surface area contributed by atoms with E-state index in [1.807, 2.05) is 0 Å². The first kappa shape index (κ1) is 11.8. The number of carbonyl (C=O) groups is 1. The Bertz CT molecular complexity index is 364. The Kier molecular flexibility index (Phi) is 3.96. The molecule has 0 aromatic heterocycles. The molecule has 0 saturated heterocycles. The van der Waals surface area contributed by atoms with E-state index in [1.165, 1.54) is 6.92 Å². The molecule has 0 fully saturated rings. The highest BCUT2D eigenvalue weighted by atomic mass is 79.9. The number of halogens is 1. The summed E-state index contributed by atoms with van der Waals surface area (Å²) < 4.78 is 10.9. The summed E-state index contributed by atoms with van der Waals surface area (Å²) in [5, 5.41) is 8.67. The molecule has 0 aliphatic rings. The molecule has 1 aromatic rings. The first-order chi connectivity index (χ1) is 7.04. The summed E-state index contributed by atoms with van der Waals surface area (Å²) in [7, 11) is 1.56. The first-order valence-electron chi connectivity index (χ1n) is 4.27. The molecule has 0 amide bonds. The molecule has 0 spiro atoms. The van der Waals surface area contributed by atoms with Crippen molar-refractivity contribution in [3.05, 3.63) is 22.7 Å². The number of carboxylic acids is 1. The maximum Gasteiger partial charge on any atom is 0.344 e. The minimum Gasteiger partial charge on any atom is -0.497 e. The van der Waals surface area contributed by atoms with Gasteiger partial charge in [0, 0.05) is 0 Å². The SMILES string of the molecule is COc1ccc(O[C@@H](C)C(=O)O)c(Br)c1. The second kappa shape index (κ2) is 5.02. The topological polar surface area (TPSA) is 55.8 Å². The van der Waals surface area contributed by atoms with Crippen LogP contribution in [0.15, 0.2) is 22.7 Å². The molecule has 5 heteroatoms. The first-order valence-corrected chi connectivity index (χ1v) is 5.07. The Morgan fingerprint density at radius 3 is 2.67 bits per heavy atom. The number of hydrogen-bond donors (Lipinski definition) is 1. The van der Waals surface area contributed by atoms with Crippen LogP contribution in [-0.4, -0.2) is 24.3 Å². The lowest BCUT2D eigenvalue weighted by molar-refractivity contribution is -0.144. The van der Waals surface area contributed by atoms with Gasteiger partial charge < -0.3 is 14.6 Å². The summed E-state index contributed by atoms with van der Waals surface area (Å²) >= 11 is 3.27. The molecule has 1 atom stereocenters. The number of benzene rings is 1. The highest BCUT2D eigenvalue weighted by molar-refractivity contribution is 9.10. The minimum absolute atomic E-state index is 0.478. The molecule has 4 nitrogen and oxygen atoms in total. The van der Waals surface area contributed by atoms with Crippen LogP contribution in [0.5, 0.6) is 11.5 Å². The lowest BCUT2D eigenvalue weighted by atomic mass is 10.3. The van der Waals surface area contributed by atoms with E-state index < -0.39 is 12.1 Å². The van der Waals surface area contributed by atoms with Crippen LogP contribution in [0.3, 0.4) is 0 Å². The molecule has 1 N–H and O–H groups in total. The maximum atomic E-state index is 10.6. The van der Waals surface area contributed by atoms with E-state index in [2.05, 4.69) is 15.9 Å². The van der Waals surface area contributed by atoms with Crippen molar-refractivity contribution in [3.8, 4) is 11.5 Å².